The van der Waals surface area contributed by atoms with Crippen LogP contribution in [-0.2, 0) is 24.4 Å². The molecule has 0 bridgehead atoms. The minimum Gasteiger partial charge on any atom is -0.375 e. The lowest BCUT2D eigenvalue weighted by molar-refractivity contribution is 0.0746. The van der Waals surface area contributed by atoms with E-state index in [1.165, 1.54) is 24.2 Å². The van der Waals surface area contributed by atoms with E-state index in [0.717, 1.165) is 48.3 Å². The van der Waals surface area contributed by atoms with Gasteiger partial charge >= 0.3 is 0 Å². The van der Waals surface area contributed by atoms with Gasteiger partial charge in [0.15, 0.2) is 0 Å². The number of thiophene rings is 1. The van der Waals surface area contributed by atoms with Crippen molar-refractivity contribution in [1.29, 1.82) is 0 Å². The van der Waals surface area contributed by atoms with Crippen molar-refractivity contribution in [3.63, 3.8) is 0 Å². The van der Waals surface area contributed by atoms with Gasteiger partial charge in [-0.15, -0.1) is 11.3 Å². The predicted molar refractivity (Wildman–Crippen MR) is 88.3 cm³/mol. The van der Waals surface area contributed by atoms with E-state index in [4.69, 9.17) is 4.74 Å². The van der Waals surface area contributed by atoms with Crippen LogP contribution in [0, 0.1) is 5.92 Å². The summed E-state index contributed by atoms with van der Waals surface area (Å²) in [6.07, 6.45) is 5.45. The number of ether oxygens (including phenoxy) is 1. The first kappa shape index (κ1) is 14.9. The van der Waals surface area contributed by atoms with Gasteiger partial charge in [0.25, 0.3) is 5.91 Å². The van der Waals surface area contributed by atoms with Crippen LogP contribution in [0.1, 0.15) is 40.3 Å². The molecule has 3 heterocycles. The minimum absolute atomic E-state index is 0.125. The molecule has 2 aliphatic rings. The van der Waals surface area contributed by atoms with Gasteiger partial charge in [0.1, 0.15) is 0 Å². The summed E-state index contributed by atoms with van der Waals surface area (Å²) in [5.41, 5.74) is 2.11. The molecule has 122 valence electrons. The maximum atomic E-state index is 12.6. The summed E-state index contributed by atoms with van der Waals surface area (Å²) in [5, 5.41) is 1.95. The van der Waals surface area contributed by atoms with Crippen molar-refractivity contribution in [2.45, 2.75) is 39.0 Å². The molecule has 0 unspecified atom stereocenters. The number of amides is 1. The van der Waals surface area contributed by atoms with Gasteiger partial charge in [-0.2, -0.15) is 0 Å². The maximum Gasteiger partial charge on any atom is 0.264 e. The normalized spacial score (nSPS) is 17.8. The Balaban J connectivity index is 1.48. The molecule has 0 aromatic carbocycles. The van der Waals surface area contributed by atoms with Crippen LogP contribution in [0.25, 0.3) is 0 Å². The molecule has 0 spiro atoms. The summed E-state index contributed by atoms with van der Waals surface area (Å²) in [6.45, 7) is 3.73. The molecule has 1 amide bonds. The fraction of sp³-hybridized carbons (Fsp3) is 0.529. The van der Waals surface area contributed by atoms with E-state index >= 15 is 0 Å². The smallest absolute Gasteiger partial charge is 0.264 e. The summed E-state index contributed by atoms with van der Waals surface area (Å²) < 4.78 is 7.98. The molecular formula is C17H21N3O2S. The van der Waals surface area contributed by atoms with Gasteiger partial charge in [-0.1, -0.05) is 6.07 Å². The predicted octanol–water partition coefficient (Wildman–Crippen LogP) is 2.92. The Hall–Kier alpha value is -1.66. The highest BCUT2D eigenvalue weighted by molar-refractivity contribution is 7.12. The Morgan fingerprint density at radius 3 is 3.09 bits per heavy atom. The molecule has 0 N–H and O–H groups in total. The second-order valence-electron chi connectivity index (χ2n) is 6.35. The lowest BCUT2D eigenvalue weighted by Crippen LogP contribution is -2.30. The van der Waals surface area contributed by atoms with Crippen LogP contribution >= 0.6 is 11.3 Å². The monoisotopic (exact) mass is 331 g/mol. The van der Waals surface area contributed by atoms with E-state index in [1.54, 1.807) is 0 Å². The number of hydrogen-bond acceptors (Lipinski definition) is 4. The highest BCUT2D eigenvalue weighted by atomic mass is 32.1. The molecule has 1 saturated carbocycles. The molecule has 1 aliphatic carbocycles. The summed E-state index contributed by atoms with van der Waals surface area (Å²) in [4.78, 5) is 19.9. The largest absolute Gasteiger partial charge is 0.375 e. The van der Waals surface area contributed by atoms with E-state index in [-0.39, 0.29) is 5.91 Å². The number of hydrogen-bond donors (Lipinski definition) is 0. The molecule has 0 radical (unpaired) electrons. The van der Waals surface area contributed by atoms with Crippen LogP contribution in [0.5, 0.6) is 0 Å². The summed E-state index contributed by atoms with van der Waals surface area (Å²) in [6, 6.07) is 3.83. The van der Waals surface area contributed by atoms with Crippen LogP contribution in [0.2, 0.25) is 0 Å². The van der Waals surface area contributed by atoms with Crippen LogP contribution in [0.15, 0.2) is 23.8 Å². The van der Waals surface area contributed by atoms with Crippen molar-refractivity contribution in [3.8, 4) is 0 Å². The first-order chi connectivity index (χ1) is 11.3. The zero-order chi connectivity index (χ0) is 15.6. The number of carbonyl (C=O) groups is 1. The molecule has 0 atom stereocenters. The SMILES string of the molecule is O=C(c1cccs1)N1CCCn2cnc(COCC3CC3)c2C1. The van der Waals surface area contributed by atoms with E-state index in [2.05, 4.69) is 9.55 Å². The molecule has 2 aromatic heterocycles. The second-order valence-corrected chi connectivity index (χ2v) is 7.30. The Morgan fingerprint density at radius 1 is 1.39 bits per heavy atom. The first-order valence-corrected chi connectivity index (χ1v) is 9.12. The number of carbonyl (C=O) groups excluding carboxylic acids is 1. The van der Waals surface area contributed by atoms with Crippen molar-refractivity contribution in [3.05, 3.63) is 40.1 Å². The molecular weight excluding hydrogens is 310 g/mol. The Labute approximate surface area is 139 Å². The Kier molecular flexibility index (Phi) is 4.18. The quantitative estimate of drug-likeness (QED) is 0.846. The zero-order valence-electron chi connectivity index (χ0n) is 13.1. The summed E-state index contributed by atoms with van der Waals surface area (Å²) >= 11 is 1.50. The molecule has 6 heteroatoms. The van der Waals surface area contributed by atoms with Gasteiger partial charge in [0.05, 0.1) is 35.7 Å². The standard InChI is InChI=1S/C17H21N3O2S/c21-17(16-3-1-8-23-16)19-6-2-7-20-12-18-14(15(20)9-19)11-22-10-13-4-5-13/h1,3,8,12-13H,2,4-7,9-11H2. The van der Waals surface area contributed by atoms with Crippen LogP contribution in [0.4, 0.5) is 0 Å². The zero-order valence-corrected chi connectivity index (χ0v) is 13.9. The second kappa shape index (κ2) is 6.45. The fourth-order valence-electron chi connectivity index (χ4n) is 2.97. The topological polar surface area (TPSA) is 47.4 Å². The molecule has 5 nitrogen and oxygen atoms in total. The fourth-order valence-corrected chi connectivity index (χ4v) is 3.66. The number of fused-ring (bicyclic) bond motifs is 1. The highest BCUT2D eigenvalue weighted by Crippen LogP contribution is 2.29. The van der Waals surface area contributed by atoms with E-state index in [9.17, 15) is 4.79 Å². The molecule has 1 fully saturated rings. The number of aromatic nitrogens is 2. The van der Waals surface area contributed by atoms with Crippen molar-refractivity contribution in [1.82, 2.24) is 14.5 Å². The van der Waals surface area contributed by atoms with Crippen molar-refractivity contribution >= 4 is 17.2 Å². The third-order valence-electron chi connectivity index (χ3n) is 4.51. The minimum atomic E-state index is 0.125. The summed E-state index contributed by atoms with van der Waals surface area (Å²) in [5.74, 6) is 0.882. The molecule has 0 saturated heterocycles. The number of nitrogens with zero attached hydrogens (tertiary/aromatic N) is 3. The molecule has 23 heavy (non-hydrogen) atoms. The summed E-state index contributed by atoms with van der Waals surface area (Å²) in [7, 11) is 0. The lowest BCUT2D eigenvalue weighted by atomic mass is 10.3. The van der Waals surface area contributed by atoms with E-state index < -0.39 is 0 Å². The van der Waals surface area contributed by atoms with Gasteiger partial charge in [-0.05, 0) is 36.6 Å². The van der Waals surface area contributed by atoms with Crippen LogP contribution in [-0.4, -0.2) is 33.5 Å². The number of rotatable bonds is 5. The van der Waals surface area contributed by atoms with Gasteiger partial charge < -0.3 is 14.2 Å². The van der Waals surface area contributed by atoms with Gasteiger partial charge in [0, 0.05) is 19.7 Å². The van der Waals surface area contributed by atoms with Crippen LogP contribution in [0.3, 0.4) is 0 Å². The third kappa shape index (κ3) is 3.33. The molecule has 1 aliphatic heterocycles. The van der Waals surface area contributed by atoms with E-state index in [0.29, 0.717) is 13.2 Å². The highest BCUT2D eigenvalue weighted by Gasteiger charge is 2.25. The van der Waals surface area contributed by atoms with Crippen molar-refractivity contribution < 1.29 is 9.53 Å². The van der Waals surface area contributed by atoms with Gasteiger partial charge in [-0.25, -0.2) is 4.98 Å². The van der Waals surface area contributed by atoms with Crippen LogP contribution < -0.4 is 0 Å². The first-order valence-electron chi connectivity index (χ1n) is 8.24. The Bertz CT molecular complexity index is 676. The number of imidazole rings is 1. The third-order valence-corrected chi connectivity index (χ3v) is 5.37. The maximum absolute atomic E-state index is 12.6. The lowest BCUT2D eigenvalue weighted by Gasteiger charge is -2.19. The van der Waals surface area contributed by atoms with Gasteiger partial charge in [-0.3, -0.25) is 4.79 Å². The molecule has 4 rings (SSSR count). The molecule has 2 aromatic rings. The average molecular weight is 331 g/mol. The number of aryl methyl sites for hydroxylation is 1. The Morgan fingerprint density at radius 2 is 2.30 bits per heavy atom. The van der Waals surface area contributed by atoms with Gasteiger partial charge in [0.2, 0.25) is 0 Å². The van der Waals surface area contributed by atoms with E-state index in [1.807, 2.05) is 28.7 Å². The average Bonchev–Trinajstić information content (AvgIpc) is 3.14. The van der Waals surface area contributed by atoms with Crippen molar-refractivity contribution in [2.24, 2.45) is 5.92 Å². The van der Waals surface area contributed by atoms with Crippen molar-refractivity contribution in [2.75, 3.05) is 13.2 Å².